The zero-order valence-corrected chi connectivity index (χ0v) is 18.3. The second kappa shape index (κ2) is 9.62. The van der Waals surface area contributed by atoms with Gasteiger partial charge < -0.3 is 9.64 Å². The molecule has 0 spiro atoms. The van der Waals surface area contributed by atoms with Gasteiger partial charge in [0.15, 0.2) is 22.2 Å². The number of carbonyl (C=O) groups is 2. The zero-order valence-electron chi connectivity index (χ0n) is 16.7. The van der Waals surface area contributed by atoms with E-state index in [1.165, 1.54) is 0 Å². The molecule has 8 heteroatoms. The van der Waals surface area contributed by atoms with Crippen LogP contribution in [-0.4, -0.2) is 55.7 Å². The van der Waals surface area contributed by atoms with Crippen molar-refractivity contribution in [2.24, 2.45) is 0 Å². The Morgan fingerprint density at radius 3 is 2.20 bits per heavy atom. The van der Waals surface area contributed by atoms with E-state index in [1.54, 1.807) is 53.4 Å². The zero-order chi connectivity index (χ0) is 21.7. The van der Waals surface area contributed by atoms with Crippen LogP contribution in [-0.2, 0) is 14.6 Å². The van der Waals surface area contributed by atoms with Gasteiger partial charge in [0.25, 0.3) is 5.91 Å². The number of benzene rings is 2. The number of amides is 1. The lowest BCUT2D eigenvalue weighted by Gasteiger charge is -2.27. The summed E-state index contributed by atoms with van der Waals surface area (Å²) in [4.78, 5) is 26.7. The van der Waals surface area contributed by atoms with E-state index in [2.05, 4.69) is 0 Å². The summed E-state index contributed by atoms with van der Waals surface area (Å²) < 4.78 is 29.1. The molecule has 0 aliphatic carbocycles. The molecule has 0 N–H and O–H groups in total. The molecule has 0 saturated carbocycles. The maximum Gasteiger partial charge on any atom is 0.260 e. The van der Waals surface area contributed by atoms with Crippen LogP contribution in [0.1, 0.15) is 35.7 Å². The van der Waals surface area contributed by atoms with Crippen molar-refractivity contribution >= 4 is 33.1 Å². The standard InChI is InChI=1S/C22H24ClNO5S/c1-2-12-24(19-11-13-30(27,28)15-19)21(25)14-29-20-9-5-17(6-10-20)22(26)16-3-7-18(23)8-4-16/h3-10,19H,2,11-15H2,1H3. The molecule has 0 radical (unpaired) electrons. The van der Waals surface area contributed by atoms with E-state index < -0.39 is 9.84 Å². The first-order valence-electron chi connectivity index (χ1n) is 9.82. The van der Waals surface area contributed by atoms with Crippen molar-refractivity contribution in [2.45, 2.75) is 25.8 Å². The quantitative estimate of drug-likeness (QED) is 0.577. The monoisotopic (exact) mass is 449 g/mol. The summed E-state index contributed by atoms with van der Waals surface area (Å²) in [5.41, 5.74) is 1.03. The van der Waals surface area contributed by atoms with E-state index in [0.717, 1.165) is 6.42 Å². The number of hydrogen-bond acceptors (Lipinski definition) is 5. The Bertz CT molecular complexity index is 1000. The Kier molecular flexibility index (Phi) is 7.15. The predicted molar refractivity (Wildman–Crippen MR) is 116 cm³/mol. The summed E-state index contributed by atoms with van der Waals surface area (Å²) in [6, 6.07) is 12.9. The molecule has 1 amide bonds. The predicted octanol–water partition coefficient (Wildman–Crippen LogP) is 3.38. The molecule has 1 fully saturated rings. The van der Waals surface area contributed by atoms with Gasteiger partial charge in [0, 0.05) is 28.7 Å². The van der Waals surface area contributed by atoms with Crippen molar-refractivity contribution in [1.29, 1.82) is 0 Å². The van der Waals surface area contributed by atoms with Gasteiger partial charge in [-0.3, -0.25) is 9.59 Å². The van der Waals surface area contributed by atoms with Gasteiger partial charge in [-0.2, -0.15) is 0 Å². The molecule has 1 unspecified atom stereocenters. The fraction of sp³-hybridized carbons (Fsp3) is 0.364. The second-order valence-electron chi connectivity index (χ2n) is 7.29. The van der Waals surface area contributed by atoms with Crippen molar-refractivity contribution in [3.63, 3.8) is 0 Å². The minimum absolute atomic E-state index is 0.0141. The third kappa shape index (κ3) is 5.61. The van der Waals surface area contributed by atoms with Crippen LogP contribution >= 0.6 is 11.6 Å². The van der Waals surface area contributed by atoms with Crippen LogP contribution in [0.25, 0.3) is 0 Å². The number of halogens is 1. The fourth-order valence-corrected chi connectivity index (χ4v) is 5.33. The van der Waals surface area contributed by atoms with Crippen molar-refractivity contribution in [1.82, 2.24) is 4.90 Å². The highest BCUT2D eigenvalue weighted by Crippen LogP contribution is 2.20. The molecule has 160 valence electrons. The maximum absolute atomic E-state index is 12.6. The van der Waals surface area contributed by atoms with Crippen molar-refractivity contribution in [2.75, 3.05) is 24.7 Å². The lowest BCUT2D eigenvalue weighted by Crippen LogP contribution is -2.44. The van der Waals surface area contributed by atoms with Crippen LogP contribution in [0.3, 0.4) is 0 Å². The molecule has 1 saturated heterocycles. The first-order chi connectivity index (χ1) is 14.3. The van der Waals surface area contributed by atoms with Gasteiger partial charge >= 0.3 is 0 Å². The molecule has 2 aromatic rings. The Hall–Kier alpha value is -2.38. The Labute approximate surface area is 181 Å². The first kappa shape index (κ1) is 22.3. The summed E-state index contributed by atoms with van der Waals surface area (Å²) in [7, 11) is -3.07. The highest BCUT2D eigenvalue weighted by molar-refractivity contribution is 7.91. The molecule has 1 aliphatic heterocycles. The average molecular weight is 450 g/mol. The van der Waals surface area contributed by atoms with Crippen LogP contribution in [0, 0.1) is 0 Å². The normalized spacial score (nSPS) is 17.5. The molecule has 2 aromatic carbocycles. The second-order valence-corrected chi connectivity index (χ2v) is 9.96. The van der Waals surface area contributed by atoms with E-state index in [9.17, 15) is 18.0 Å². The molecule has 1 heterocycles. The lowest BCUT2D eigenvalue weighted by atomic mass is 10.0. The van der Waals surface area contributed by atoms with E-state index >= 15 is 0 Å². The van der Waals surface area contributed by atoms with Gasteiger partial charge in [0.2, 0.25) is 0 Å². The van der Waals surface area contributed by atoms with Crippen LogP contribution in [0.4, 0.5) is 0 Å². The van der Waals surface area contributed by atoms with Crippen molar-refractivity contribution in [3.05, 3.63) is 64.7 Å². The van der Waals surface area contributed by atoms with Gasteiger partial charge in [-0.1, -0.05) is 18.5 Å². The molecule has 0 aromatic heterocycles. The smallest absolute Gasteiger partial charge is 0.260 e. The third-order valence-electron chi connectivity index (χ3n) is 5.02. The van der Waals surface area contributed by atoms with Gasteiger partial charge in [-0.05, 0) is 61.4 Å². The Balaban J connectivity index is 1.60. The van der Waals surface area contributed by atoms with Crippen LogP contribution in [0.2, 0.25) is 5.02 Å². The number of carbonyl (C=O) groups excluding carboxylic acids is 2. The Morgan fingerprint density at radius 2 is 1.67 bits per heavy atom. The molecule has 30 heavy (non-hydrogen) atoms. The Morgan fingerprint density at radius 1 is 1.07 bits per heavy atom. The summed E-state index contributed by atoms with van der Waals surface area (Å²) in [5, 5.41) is 0.562. The molecule has 6 nitrogen and oxygen atoms in total. The maximum atomic E-state index is 12.6. The van der Waals surface area contributed by atoms with E-state index in [-0.39, 0.29) is 35.8 Å². The van der Waals surface area contributed by atoms with Gasteiger partial charge in [-0.15, -0.1) is 0 Å². The van der Waals surface area contributed by atoms with E-state index in [1.807, 2.05) is 6.92 Å². The molecular formula is C22H24ClNO5S. The summed E-state index contributed by atoms with van der Waals surface area (Å²) in [5.74, 6) is 0.229. The van der Waals surface area contributed by atoms with Crippen LogP contribution in [0.15, 0.2) is 48.5 Å². The van der Waals surface area contributed by atoms with E-state index in [0.29, 0.717) is 34.9 Å². The fourth-order valence-electron chi connectivity index (χ4n) is 3.47. The number of ether oxygens (including phenoxy) is 1. The third-order valence-corrected chi connectivity index (χ3v) is 7.02. The van der Waals surface area contributed by atoms with Crippen molar-refractivity contribution in [3.8, 4) is 5.75 Å². The number of nitrogens with zero attached hydrogens (tertiary/aromatic N) is 1. The van der Waals surface area contributed by atoms with Gasteiger partial charge in [-0.25, -0.2) is 8.42 Å². The van der Waals surface area contributed by atoms with Crippen LogP contribution in [0.5, 0.6) is 5.75 Å². The van der Waals surface area contributed by atoms with Gasteiger partial charge in [0.05, 0.1) is 11.5 Å². The first-order valence-corrected chi connectivity index (χ1v) is 12.0. The minimum atomic E-state index is -3.07. The average Bonchev–Trinajstić information content (AvgIpc) is 3.10. The van der Waals surface area contributed by atoms with Crippen LogP contribution < -0.4 is 4.74 Å². The summed E-state index contributed by atoms with van der Waals surface area (Å²) in [6.45, 7) is 2.26. The van der Waals surface area contributed by atoms with E-state index in [4.69, 9.17) is 16.3 Å². The van der Waals surface area contributed by atoms with Crippen molar-refractivity contribution < 1.29 is 22.7 Å². The molecule has 0 bridgehead atoms. The molecule has 1 atom stereocenters. The number of hydrogen-bond donors (Lipinski definition) is 0. The lowest BCUT2D eigenvalue weighted by molar-refractivity contribution is -0.135. The number of ketones is 1. The SMILES string of the molecule is CCCN(C(=O)COc1ccc(C(=O)c2ccc(Cl)cc2)cc1)C1CCS(=O)(=O)C1. The summed E-state index contributed by atoms with van der Waals surface area (Å²) >= 11 is 5.85. The summed E-state index contributed by atoms with van der Waals surface area (Å²) in [6.07, 6.45) is 1.21. The highest BCUT2D eigenvalue weighted by Gasteiger charge is 2.34. The number of rotatable bonds is 8. The molecule has 1 aliphatic rings. The molecule has 3 rings (SSSR count). The molecular weight excluding hydrogens is 426 g/mol. The highest BCUT2D eigenvalue weighted by atomic mass is 35.5. The number of sulfone groups is 1. The minimum Gasteiger partial charge on any atom is -0.484 e. The van der Waals surface area contributed by atoms with Gasteiger partial charge in [0.1, 0.15) is 5.75 Å². The topological polar surface area (TPSA) is 80.8 Å². The largest absolute Gasteiger partial charge is 0.484 e.